The smallest absolute Gasteiger partial charge is 0.258 e. The maximum absolute atomic E-state index is 12.3. The van der Waals surface area contributed by atoms with Crippen molar-refractivity contribution in [2.45, 2.75) is 6.43 Å². The summed E-state index contributed by atoms with van der Waals surface area (Å²) >= 11 is 3.55. The van der Waals surface area contributed by atoms with Crippen molar-refractivity contribution in [1.29, 1.82) is 0 Å². The summed E-state index contributed by atoms with van der Waals surface area (Å²) in [5.74, 6) is 0. The van der Waals surface area contributed by atoms with Gasteiger partial charge in [-0.15, -0.1) is 0 Å². The molecule has 0 aliphatic carbocycles. The molecule has 0 saturated heterocycles. The Morgan fingerprint density at radius 2 is 2.07 bits per heavy atom. The summed E-state index contributed by atoms with van der Waals surface area (Å²) in [5.41, 5.74) is -1.41. The monoisotopic (exact) mass is 426 g/mol. The molecule has 0 radical (unpaired) electrons. The number of halogens is 4. The van der Waals surface area contributed by atoms with E-state index in [9.17, 15) is 18.9 Å². The molecule has 0 aliphatic heterocycles. The van der Waals surface area contributed by atoms with Crippen molar-refractivity contribution in [3.63, 3.8) is 0 Å². The van der Waals surface area contributed by atoms with Gasteiger partial charge in [-0.3, -0.25) is 10.1 Å². The second-order valence-corrected chi connectivity index (χ2v) is 4.41. The zero-order chi connectivity index (χ0) is 10.9. The van der Waals surface area contributed by atoms with E-state index in [1.165, 1.54) is 0 Å². The molecule has 0 unspecified atom stereocenters. The fraction of sp³-hybridized carbons (Fsp3) is 0.167. The Kier molecular flexibility index (Phi) is 3.92. The van der Waals surface area contributed by atoms with Gasteiger partial charge in [0, 0.05) is 6.07 Å². The molecule has 1 heterocycles. The van der Waals surface area contributed by atoms with Crippen LogP contribution in [0.4, 0.5) is 14.5 Å². The van der Waals surface area contributed by atoms with E-state index in [-0.39, 0.29) is 0 Å². The van der Waals surface area contributed by atoms with E-state index in [1.54, 1.807) is 45.2 Å². The lowest BCUT2D eigenvalue weighted by Gasteiger charge is -2.02. The third kappa shape index (κ3) is 2.46. The lowest BCUT2D eigenvalue weighted by Crippen LogP contribution is -2.02. The van der Waals surface area contributed by atoms with E-state index in [4.69, 9.17) is 0 Å². The van der Waals surface area contributed by atoms with Crippen molar-refractivity contribution >= 4 is 50.9 Å². The third-order valence-electron chi connectivity index (χ3n) is 1.34. The number of nitrogens with zero attached hydrogens (tertiary/aromatic N) is 2. The zero-order valence-electron chi connectivity index (χ0n) is 6.38. The minimum atomic E-state index is -2.93. The van der Waals surface area contributed by atoms with Crippen LogP contribution in [0.2, 0.25) is 0 Å². The second-order valence-electron chi connectivity index (χ2n) is 2.22. The molecule has 0 saturated carbocycles. The summed E-state index contributed by atoms with van der Waals surface area (Å²) in [5, 5.41) is 10.4. The van der Waals surface area contributed by atoms with Crippen LogP contribution in [0.5, 0.6) is 0 Å². The minimum absolute atomic E-state index is 0.337. The Labute approximate surface area is 105 Å². The molecule has 0 amide bonds. The van der Waals surface area contributed by atoms with Crippen LogP contribution in [0.1, 0.15) is 12.1 Å². The van der Waals surface area contributed by atoms with Crippen molar-refractivity contribution in [1.82, 2.24) is 4.98 Å². The van der Waals surface area contributed by atoms with Crippen molar-refractivity contribution in [2.24, 2.45) is 0 Å². The number of pyridine rings is 1. The van der Waals surface area contributed by atoms with E-state index in [2.05, 4.69) is 4.98 Å². The molecule has 0 atom stereocenters. The predicted molar refractivity (Wildman–Crippen MR) is 61.3 cm³/mol. The molecule has 8 heteroatoms. The molecule has 4 nitrogen and oxygen atoms in total. The van der Waals surface area contributed by atoms with Gasteiger partial charge in [-0.25, -0.2) is 13.8 Å². The molecule has 76 valence electrons. The molecule has 14 heavy (non-hydrogen) atoms. The molecule has 1 aromatic heterocycles. The maximum Gasteiger partial charge on any atom is 0.297 e. The number of aromatic nitrogens is 1. The van der Waals surface area contributed by atoms with Crippen molar-refractivity contribution in [2.75, 3.05) is 0 Å². The summed E-state index contributed by atoms with van der Waals surface area (Å²) < 4.78 is 25.5. The molecule has 1 rings (SSSR count). The molecule has 0 aromatic carbocycles. The zero-order valence-corrected chi connectivity index (χ0v) is 10.7. The lowest BCUT2D eigenvalue weighted by molar-refractivity contribution is -0.386. The molecule has 1 aromatic rings. The molecular weight excluding hydrogens is 424 g/mol. The summed E-state index contributed by atoms with van der Waals surface area (Å²) in [6.45, 7) is 0. The highest BCUT2D eigenvalue weighted by Gasteiger charge is 2.25. The van der Waals surface area contributed by atoms with Crippen molar-refractivity contribution < 1.29 is 13.7 Å². The second kappa shape index (κ2) is 4.59. The van der Waals surface area contributed by atoms with Crippen molar-refractivity contribution in [3.8, 4) is 0 Å². The average Bonchev–Trinajstić information content (AvgIpc) is 2.08. The van der Waals surface area contributed by atoms with Crippen LogP contribution < -0.4 is 0 Å². The van der Waals surface area contributed by atoms with Gasteiger partial charge in [0.05, 0.1) is 8.49 Å². The first-order valence-electron chi connectivity index (χ1n) is 3.22. The highest BCUT2D eigenvalue weighted by Crippen LogP contribution is 2.29. The van der Waals surface area contributed by atoms with Gasteiger partial charge in [0.1, 0.15) is 3.70 Å². The van der Waals surface area contributed by atoms with Crippen LogP contribution in [0.15, 0.2) is 6.07 Å². The van der Waals surface area contributed by atoms with Crippen LogP contribution in [-0.2, 0) is 0 Å². The maximum atomic E-state index is 12.3. The Hall–Kier alpha value is -0.130. The third-order valence-corrected chi connectivity index (χ3v) is 4.02. The van der Waals surface area contributed by atoms with Crippen LogP contribution in [-0.4, -0.2) is 9.91 Å². The van der Waals surface area contributed by atoms with Crippen LogP contribution in [0.3, 0.4) is 0 Å². The first-order valence-corrected chi connectivity index (χ1v) is 5.37. The van der Waals surface area contributed by atoms with E-state index in [0.717, 1.165) is 6.07 Å². The minimum Gasteiger partial charge on any atom is -0.258 e. The van der Waals surface area contributed by atoms with Gasteiger partial charge in [0.2, 0.25) is 0 Å². The molecular formula is C6H2F2I2N2O2. The van der Waals surface area contributed by atoms with E-state index < -0.39 is 22.7 Å². The highest BCUT2D eigenvalue weighted by atomic mass is 127. The average molecular weight is 426 g/mol. The number of nitro groups is 1. The van der Waals surface area contributed by atoms with Gasteiger partial charge >= 0.3 is 0 Å². The molecule has 0 bridgehead atoms. The fourth-order valence-electron chi connectivity index (χ4n) is 0.777. The topological polar surface area (TPSA) is 56.0 Å². The summed E-state index contributed by atoms with van der Waals surface area (Å²) in [7, 11) is 0. The van der Waals surface area contributed by atoms with Gasteiger partial charge in [-0.2, -0.15) is 0 Å². The van der Waals surface area contributed by atoms with Crippen LogP contribution in [0, 0.1) is 17.4 Å². The van der Waals surface area contributed by atoms with E-state index in [0.29, 0.717) is 7.27 Å². The fourth-order valence-corrected chi connectivity index (χ4v) is 1.61. The van der Waals surface area contributed by atoms with Crippen LogP contribution in [0.25, 0.3) is 0 Å². The van der Waals surface area contributed by atoms with E-state index in [1.807, 2.05) is 0 Å². The van der Waals surface area contributed by atoms with E-state index >= 15 is 0 Å². The Balaban J connectivity index is 3.39. The quantitative estimate of drug-likeness (QED) is 0.316. The Bertz CT molecular complexity index is 386. The number of rotatable bonds is 2. The first-order chi connectivity index (χ1) is 6.43. The largest absolute Gasteiger partial charge is 0.297 e. The Morgan fingerprint density at radius 1 is 1.50 bits per heavy atom. The SMILES string of the molecule is O=[N+]([O-])c1cc(I)c(I)nc1C(F)F. The van der Waals surface area contributed by atoms with Gasteiger partial charge in [-0.1, -0.05) is 0 Å². The number of hydrogen-bond acceptors (Lipinski definition) is 3. The van der Waals surface area contributed by atoms with Gasteiger partial charge in [0.25, 0.3) is 12.1 Å². The van der Waals surface area contributed by atoms with Crippen LogP contribution >= 0.6 is 45.2 Å². The molecule has 0 N–H and O–H groups in total. The van der Waals surface area contributed by atoms with Gasteiger partial charge in [0.15, 0.2) is 5.69 Å². The Morgan fingerprint density at radius 3 is 2.50 bits per heavy atom. The molecule has 0 spiro atoms. The summed E-state index contributed by atoms with van der Waals surface area (Å²) in [4.78, 5) is 13.0. The normalized spacial score (nSPS) is 10.6. The number of alkyl halides is 2. The molecule has 0 fully saturated rings. The first kappa shape index (κ1) is 11.9. The van der Waals surface area contributed by atoms with Crippen molar-refractivity contribution in [3.05, 3.63) is 29.1 Å². The standard InChI is InChI=1S/C6H2F2I2N2O2/c7-5(8)4-3(12(13)14)1-2(9)6(10)11-4/h1,5H. The summed E-state index contributed by atoms with van der Waals surface area (Å²) in [6, 6.07) is 1.09. The predicted octanol–water partition coefficient (Wildman–Crippen LogP) is 3.14. The lowest BCUT2D eigenvalue weighted by atomic mass is 10.3. The number of hydrogen-bond donors (Lipinski definition) is 0. The summed E-state index contributed by atoms with van der Waals surface area (Å²) in [6.07, 6.45) is -2.93. The highest BCUT2D eigenvalue weighted by molar-refractivity contribution is 14.1. The van der Waals surface area contributed by atoms with Gasteiger partial charge in [-0.05, 0) is 45.2 Å². The van der Waals surface area contributed by atoms with Gasteiger partial charge < -0.3 is 0 Å². The molecule has 0 aliphatic rings.